The van der Waals surface area contributed by atoms with Gasteiger partial charge in [-0.2, -0.15) is 5.10 Å². The van der Waals surface area contributed by atoms with E-state index in [4.69, 9.17) is 0 Å². The number of rotatable bonds is 5. The minimum Gasteiger partial charge on any atom is -0.326 e. The van der Waals surface area contributed by atoms with Crippen molar-refractivity contribution in [3.05, 3.63) is 70.1 Å². The van der Waals surface area contributed by atoms with Gasteiger partial charge in [-0.3, -0.25) is 30.0 Å². The van der Waals surface area contributed by atoms with E-state index in [9.17, 15) is 19.2 Å². The fraction of sp³-hybridized carbons (Fsp3) is 0.227. The minimum absolute atomic E-state index is 0.0161. The second-order valence-electron chi connectivity index (χ2n) is 7.26. The predicted molar refractivity (Wildman–Crippen MR) is 114 cm³/mol. The molecule has 9 nitrogen and oxygen atoms in total. The summed E-state index contributed by atoms with van der Waals surface area (Å²) in [6, 6.07) is 13.0. The normalized spacial score (nSPS) is 12.9. The van der Waals surface area contributed by atoms with Crippen molar-refractivity contribution in [1.82, 2.24) is 20.6 Å². The highest BCUT2D eigenvalue weighted by atomic mass is 16.2. The number of fused-ring (bicyclic) bond motifs is 1. The van der Waals surface area contributed by atoms with Gasteiger partial charge in [-0.05, 0) is 50.1 Å². The van der Waals surface area contributed by atoms with Crippen molar-refractivity contribution < 1.29 is 14.4 Å². The first-order valence-electron chi connectivity index (χ1n) is 9.99. The third-order valence-corrected chi connectivity index (χ3v) is 5.03. The number of amides is 3. The molecule has 4 rings (SSSR count). The van der Waals surface area contributed by atoms with Crippen molar-refractivity contribution in [2.45, 2.75) is 26.3 Å². The van der Waals surface area contributed by atoms with Crippen LogP contribution in [-0.2, 0) is 11.3 Å². The topological polar surface area (TPSA) is 122 Å². The second-order valence-corrected chi connectivity index (χ2v) is 7.26. The van der Waals surface area contributed by atoms with E-state index in [2.05, 4.69) is 21.3 Å². The molecule has 1 aromatic heterocycles. The van der Waals surface area contributed by atoms with Crippen LogP contribution in [0.2, 0.25) is 0 Å². The molecule has 1 aliphatic rings. The number of nitrogens with one attached hydrogen (secondary N) is 3. The summed E-state index contributed by atoms with van der Waals surface area (Å²) >= 11 is 0. The van der Waals surface area contributed by atoms with Gasteiger partial charge in [-0.1, -0.05) is 18.2 Å². The summed E-state index contributed by atoms with van der Waals surface area (Å²) in [4.78, 5) is 49.2. The number of carbonyl (C=O) groups excluding carboxylic acids is 3. The molecule has 0 aliphatic heterocycles. The summed E-state index contributed by atoms with van der Waals surface area (Å²) in [5.74, 6) is -1.09. The molecule has 158 valence electrons. The maximum absolute atomic E-state index is 12.7. The van der Waals surface area contributed by atoms with E-state index in [1.54, 1.807) is 55.5 Å². The van der Waals surface area contributed by atoms with E-state index in [-0.39, 0.29) is 23.1 Å². The smallest absolute Gasteiger partial charge is 0.290 e. The largest absolute Gasteiger partial charge is 0.326 e. The molecular formula is C22H21N5O4. The number of carbonyl (C=O) groups is 3. The number of benzene rings is 2. The fourth-order valence-electron chi connectivity index (χ4n) is 3.16. The van der Waals surface area contributed by atoms with Crippen LogP contribution in [0.5, 0.6) is 0 Å². The van der Waals surface area contributed by atoms with E-state index >= 15 is 0 Å². The monoisotopic (exact) mass is 419 g/mol. The van der Waals surface area contributed by atoms with Crippen LogP contribution >= 0.6 is 0 Å². The zero-order chi connectivity index (χ0) is 22.0. The van der Waals surface area contributed by atoms with Crippen LogP contribution in [-0.4, -0.2) is 27.5 Å². The average molecular weight is 419 g/mol. The Morgan fingerprint density at radius 1 is 0.968 bits per heavy atom. The first-order chi connectivity index (χ1) is 15.0. The molecular weight excluding hydrogens is 398 g/mol. The van der Waals surface area contributed by atoms with Crippen LogP contribution in [0.25, 0.3) is 10.8 Å². The summed E-state index contributed by atoms with van der Waals surface area (Å²) in [6.07, 6.45) is 1.82. The summed E-state index contributed by atoms with van der Waals surface area (Å²) < 4.78 is 1.20. The van der Waals surface area contributed by atoms with Gasteiger partial charge in [0.15, 0.2) is 5.69 Å². The number of aryl methyl sites for hydroxylation is 1. The Bertz CT molecular complexity index is 1230. The van der Waals surface area contributed by atoms with E-state index in [0.29, 0.717) is 28.6 Å². The van der Waals surface area contributed by atoms with Gasteiger partial charge < -0.3 is 5.32 Å². The third kappa shape index (κ3) is 4.30. The number of hydrazine groups is 1. The Hall–Kier alpha value is -4.01. The summed E-state index contributed by atoms with van der Waals surface area (Å²) in [5.41, 5.74) is 5.36. The molecule has 3 N–H and O–H groups in total. The van der Waals surface area contributed by atoms with Gasteiger partial charge in [0.1, 0.15) is 0 Å². The molecule has 1 fully saturated rings. The van der Waals surface area contributed by atoms with E-state index in [1.807, 2.05) is 0 Å². The Morgan fingerprint density at radius 2 is 1.61 bits per heavy atom. The third-order valence-electron chi connectivity index (χ3n) is 5.03. The molecule has 0 spiro atoms. The predicted octanol–water partition coefficient (Wildman–Crippen LogP) is 1.84. The first kappa shape index (κ1) is 20.3. The van der Waals surface area contributed by atoms with Crippen molar-refractivity contribution in [1.29, 1.82) is 0 Å². The molecule has 1 saturated carbocycles. The molecule has 0 atom stereocenters. The first-order valence-corrected chi connectivity index (χ1v) is 9.99. The van der Waals surface area contributed by atoms with Crippen LogP contribution in [0, 0.1) is 5.92 Å². The van der Waals surface area contributed by atoms with E-state index in [1.165, 1.54) is 4.68 Å². The van der Waals surface area contributed by atoms with E-state index in [0.717, 1.165) is 12.8 Å². The van der Waals surface area contributed by atoms with Crippen LogP contribution in [0.4, 0.5) is 5.69 Å². The Morgan fingerprint density at radius 3 is 2.26 bits per heavy atom. The number of anilines is 1. The maximum atomic E-state index is 12.7. The van der Waals surface area contributed by atoms with Crippen molar-refractivity contribution in [3.63, 3.8) is 0 Å². The zero-order valence-electron chi connectivity index (χ0n) is 16.8. The summed E-state index contributed by atoms with van der Waals surface area (Å²) in [5, 5.41) is 7.70. The van der Waals surface area contributed by atoms with Crippen molar-refractivity contribution >= 4 is 34.2 Å². The molecule has 31 heavy (non-hydrogen) atoms. The summed E-state index contributed by atoms with van der Waals surface area (Å²) in [6.45, 7) is 2.06. The molecule has 1 aliphatic carbocycles. The highest BCUT2D eigenvalue weighted by molar-refractivity contribution is 6.06. The van der Waals surface area contributed by atoms with Gasteiger partial charge in [0.25, 0.3) is 17.4 Å². The fourth-order valence-corrected chi connectivity index (χ4v) is 3.16. The van der Waals surface area contributed by atoms with Crippen LogP contribution in [0.15, 0.2) is 53.3 Å². The lowest BCUT2D eigenvalue weighted by molar-refractivity contribution is -0.117. The molecule has 0 radical (unpaired) electrons. The quantitative estimate of drug-likeness (QED) is 0.545. The van der Waals surface area contributed by atoms with Gasteiger partial charge in [0.2, 0.25) is 5.91 Å². The van der Waals surface area contributed by atoms with Crippen molar-refractivity contribution in [2.24, 2.45) is 5.92 Å². The molecule has 9 heteroatoms. The number of aromatic nitrogens is 2. The zero-order valence-corrected chi connectivity index (χ0v) is 16.8. The lowest BCUT2D eigenvalue weighted by Crippen LogP contribution is -2.42. The van der Waals surface area contributed by atoms with Crippen LogP contribution < -0.4 is 21.7 Å². The Balaban J connectivity index is 1.45. The van der Waals surface area contributed by atoms with Crippen molar-refractivity contribution in [3.8, 4) is 0 Å². The van der Waals surface area contributed by atoms with E-state index < -0.39 is 11.8 Å². The molecule has 0 bridgehead atoms. The highest BCUT2D eigenvalue weighted by Crippen LogP contribution is 2.30. The summed E-state index contributed by atoms with van der Waals surface area (Å²) in [7, 11) is 0. The molecule has 3 amide bonds. The second kappa shape index (κ2) is 8.39. The van der Waals surface area contributed by atoms with Gasteiger partial charge in [0.05, 0.1) is 5.39 Å². The van der Waals surface area contributed by atoms with Gasteiger partial charge >= 0.3 is 0 Å². The number of hydrogen-bond donors (Lipinski definition) is 3. The number of nitrogens with zero attached hydrogens (tertiary/aromatic N) is 2. The standard InChI is InChI=1S/C22H21N5O4/c1-2-27-22(31)17-6-4-3-5-16(17)18(26-27)21(30)25-24-20(29)14-9-11-15(12-10-14)23-19(28)13-7-8-13/h3-6,9-13H,2,7-8H2,1H3,(H,23,28)(H,24,29)(H,25,30). The molecule has 3 aromatic rings. The maximum Gasteiger partial charge on any atom is 0.290 e. The lowest BCUT2D eigenvalue weighted by atomic mass is 10.1. The molecule has 0 saturated heterocycles. The van der Waals surface area contributed by atoms with Crippen LogP contribution in [0.1, 0.15) is 40.6 Å². The lowest BCUT2D eigenvalue weighted by Gasteiger charge is -2.11. The van der Waals surface area contributed by atoms with Crippen molar-refractivity contribution in [2.75, 3.05) is 5.32 Å². The minimum atomic E-state index is -0.639. The van der Waals surface area contributed by atoms with Gasteiger partial charge in [-0.15, -0.1) is 0 Å². The Kier molecular flexibility index (Phi) is 5.48. The molecule has 0 unspecified atom stereocenters. The van der Waals surface area contributed by atoms with Crippen LogP contribution in [0.3, 0.4) is 0 Å². The number of hydrogen-bond acceptors (Lipinski definition) is 5. The van der Waals surface area contributed by atoms with Gasteiger partial charge in [-0.25, -0.2) is 4.68 Å². The SMILES string of the molecule is CCn1nc(C(=O)NNC(=O)c2ccc(NC(=O)C3CC3)cc2)c2ccccc2c1=O. The molecule has 2 aromatic carbocycles. The Labute approximate surface area is 177 Å². The average Bonchev–Trinajstić information content (AvgIpc) is 3.64. The molecule has 1 heterocycles. The van der Waals surface area contributed by atoms with Gasteiger partial charge in [0, 0.05) is 29.1 Å². The highest BCUT2D eigenvalue weighted by Gasteiger charge is 2.29.